The van der Waals surface area contributed by atoms with E-state index >= 15 is 0 Å². The van der Waals surface area contributed by atoms with Crippen LogP contribution in [0.1, 0.15) is 45.1 Å². The van der Waals surface area contributed by atoms with E-state index in [2.05, 4.69) is 29.2 Å². The summed E-state index contributed by atoms with van der Waals surface area (Å²) in [5, 5.41) is 15.3. The average Bonchev–Trinajstić information content (AvgIpc) is 3.32. The van der Waals surface area contributed by atoms with Crippen LogP contribution in [0.5, 0.6) is 0 Å². The minimum atomic E-state index is -1.17. The smallest absolute Gasteiger partial charge is 0.337 e. The van der Waals surface area contributed by atoms with Crippen LogP contribution in [0.3, 0.4) is 0 Å². The van der Waals surface area contributed by atoms with Crippen molar-refractivity contribution in [2.75, 3.05) is 31.2 Å². The van der Waals surface area contributed by atoms with Crippen molar-refractivity contribution in [1.82, 2.24) is 14.6 Å². The molecule has 4 aromatic rings. The van der Waals surface area contributed by atoms with E-state index in [0.717, 1.165) is 22.4 Å². The molecular formula is C31H36N4O4. The Kier molecular flexibility index (Phi) is 7.42. The zero-order chi connectivity index (χ0) is 27.7. The van der Waals surface area contributed by atoms with Gasteiger partial charge in [-0.15, -0.1) is 0 Å². The largest absolute Gasteiger partial charge is 0.479 e. The van der Waals surface area contributed by atoms with Crippen LogP contribution >= 0.6 is 0 Å². The van der Waals surface area contributed by atoms with Gasteiger partial charge in [0.15, 0.2) is 11.8 Å². The summed E-state index contributed by atoms with van der Waals surface area (Å²) in [4.78, 5) is 19.5. The molecular weight excluding hydrogens is 492 g/mol. The number of ether oxygens (including phenoxy) is 2. The number of morpholine rings is 1. The average molecular weight is 529 g/mol. The van der Waals surface area contributed by atoms with Crippen molar-refractivity contribution >= 4 is 17.4 Å². The van der Waals surface area contributed by atoms with Gasteiger partial charge in [0.1, 0.15) is 5.82 Å². The molecule has 1 atom stereocenters. The van der Waals surface area contributed by atoms with E-state index in [4.69, 9.17) is 19.6 Å². The molecule has 2 aromatic heterocycles. The monoisotopic (exact) mass is 528 g/mol. The highest BCUT2D eigenvalue weighted by molar-refractivity contribution is 5.79. The van der Waals surface area contributed by atoms with Crippen molar-refractivity contribution in [3.63, 3.8) is 0 Å². The molecule has 0 radical (unpaired) electrons. The number of carboxylic acid groups (broad SMARTS) is 1. The number of aromatic nitrogens is 3. The first-order chi connectivity index (χ1) is 18.6. The lowest BCUT2D eigenvalue weighted by atomic mass is 10.0. The maximum Gasteiger partial charge on any atom is 0.337 e. The van der Waals surface area contributed by atoms with E-state index in [1.807, 2.05) is 71.0 Å². The predicted molar refractivity (Wildman–Crippen MR) is 152 cm³/mol. The Balaban J connectivity index is 1.68. The summed E-state index contributed by atoms with van der Waals surface area (Å²) in [6.45, 7) is 11.9. The molecule has 5 rings (SSSR count). The molecule has 0 aliphatic carbocycles. The number of aryl methyl sites for hydroxylation is 1. The number of carbonyl (C=O) groups is 1. The van der Waals surface area contributed by atoms with Crippen LogP contribution < -0.4 is 4.90 Å². The van der Waals surface area contributed by atoms with Gasteiger partial charge in [0.05, 0.1) is 30.1 Å². The third-order valence-corrected chi connectivity index (χ3v) is 6.88. The highest BCUT2D eigenvalue weighted by Crippen LogP contribution is 2.36. The third-order valence-electron chi connectivity index (χ3n) is 6.88. The second-order valence-corrected chi connectivity index (χ2v) is 11.2. The second-order valence-electron chi connectivity index (χ2n) is 11.2. The number of fused-ring (bicyclic) bond motifs is 1. The molecule has 2 aromatic carbocycles. The summed E-state index contributed by atoms with van der Waals surface area (Å²) in [7, 11) is 0. The Morgan fingerprint density at radius 2 is 1.79 bits per heavy atom. The van der Waals surface area contributed by atoms with Crippen molar-refractivity contribution in [2.24, 2.45) is 5.92 Å². The zero-order valence-electron chi connectivity index (χ0n) is 23.2. The Bertz CT molecular complexity index is 1480. The van der Waals surface area contributed by atoms with E-state index in [1.54, 1.807) is 4.52 Å². The van der Waals surface area contributed by atoms with Crippen LogP contribution in [-0.4, -0.2) is 57.6 Å². The standard InChI is InChI=1S/C31H36N4O4/c1-20(2)18-38-28(30(36)37)27-21(3)32-26-17-25(24-13-9-12-23(16-24)22-10-7-6-8-11-22)33-35(26)29(27)34-14-15-39-31(4,5)19-34/h6-13,16-17,20,28H,14-15,18-19H2,1-5H3,(H,36,37)/t28-/m0/s1. The first-order valence-corrected chi connectivity index (χ1v) is 13.4. The van der Waals surface area contributed by atoms with Gasteiger partial charge in [0.25, 0.3) is 0 Å². The van der Waals surface area contributed by atoms with E-state index in [-0.39, 0.29) is 5.92 Å². The van der Waals surface area contributed by atoms with Crippen LogP contribution in [0, 0.1) is 12.8 Å². The molecule has 204 valence electrons. The molecule has 0 saturated carbocycles. The lowest BCUT2D eigenvalue weighted by Gasteiger charge is -2.40. The minimum absolute atomic E-state index is 0.183. The minimum Gasteiger partial charge on any atom is -0.479 e. The topological polar surface area (TPSA) is 89.2 Å². The van der Waals surface area contributed by atoms with Gasteiger partial charge in [-0.1, -0.05) is 62.4 Å². The molecule has 1 aliphatic rings. The number of rotatable bonds is 8. The summed E-state index contributed by atoms with van der Waals surface area (Å²) >= 11 is 0. The van der Waals surface area contributed by atoms with Crippen molar-refractivity contribution in [1.29, 1.82) is 0 Å². The fourth-order valence-electron chi connectivity index (χ4n) is 5.12. The highest BCUT2D eigenvalue weighted by atomic mass is 16.5. The van der Waals surface area contributed by atoms with Crippen LogP contribution in [0.4, 0.5) is 5.82 Å². The molecule has 39 heavy (non-hydrogen) atoms. The Morgan fingerprint density at radius 1 is 1.08 bits per heavy atom. The summed E-state index contributed by atoms with van der Waals surface area (Å²) in [6.07, 6.45) is -1.17. The van der Waals surface area contributed by atoms with E-state index in [1.165, 1.54) is 0 Å². The summed E-state index contributed by atoms with van der Waals surface area (Å²) in [5.74, 6) is -0.171. The van der Waals surface area contributed by atoms with Gasteiger partial charge in [-0.3, -0.25) is 0 Å². The number of carboxylic acids is 1. The summed E-state index contributed by atoms with van der Waals surface area (Å²) in [5.41, 5.74) is 5.34. The molecule has 3 heterocycles. The van der Waals surface area contributed by atoms with Crippen LogP contribution in [-0.2, 0) is 14.3 Å². The van der Waals surface area contributed by atoms with Crippen molar-refractivity contribution < 1.29 is 19.4 Å². The fourth-order valence-corrected chi connectivity index (χ4v) is 5.12. The molecule has 8 heteroatoms. The SMILES string of the molecule is Cc1nc2cc(-c3cccc(-c4ccccc4)c3)nn2c(N2CCOC(C)(C)C2)c1[C@H](OCC(C)C)C(=O)O. The molecule has 1 aliphatic heterocycles. The molecule has 0 amide bonds. The quantitative estimate of drug-likeness (QED) is 0.310. The molecule has 1 saturated heterocycles. The Hall–Kier alpha value is -3.75. The van der Waals surface area contributed by atoms with Crippen LogP contribution in [0.25, 0.3) is 28.0 Å². The van der Waals surface area contributed by atoms with Crippen LogP contribution in [0.2, 0.25) is 0 Å². The number of hydrogen-bond donors (Lipinski definition) is 1. The molecule has 1 N–H and O–H groups in total. The first kappa shape index (κ1) is 26.8. The maximum absolute atomic E-state index is 12.5. The van der Waals surface area contributed by atoms with Crippen molar-refractivity contribution in [3.8, 4) is 22.4 Å². The van der Waals surface area contributed by atoms with E-state index in [0.29, 0.717) is 49.0 Å². The van der Waals surface area contributed by atoms with Gasteiger partial charge >= 0.3 is 5.97 Å². The summed E-state index contributed by atoms with van der Waals surface area (Å²) < 4.78 is 13.7. The van der Waals surface area contributed by atoms with Crippen molar-refractivity contribution in [2.45, 2.75) is 46.3 Å². The number of benzene rings is 2. The lowest BCUT2D eigenvalue weighted by Crippen LogP contribution is -2.49. The second kappa shape index (κ2) is 10.8. The number of nitrogens with zero attached hydrogens (tertiary/aromatic N) is 4. The van der Waals surface area contributed by atoms with E-state index in [9.17, 15) is 9.90 Å². The molecule has 0 unspecified atom stereocenters. The van der Waals surface area contributed by atoms with Gasteiger partial charge in [0, 0.05) is 30.4 Å². The molecule has 8 nitrogen and oxygen atoms in total. The van der Waals surface area contributed by atoms with E-state index < -0.39 is 17.7 Å². The maximum atomic E-state index is 12.5. The normalized spacial score (nSPS) is 16.1. The van der Waals surface area contributed by atoms with Gasteiger partial charge in [-0.2, -0.15) is 9.61 Å². The number of aliphatic carboxylic acids is 1. The van der Waals surface area contributed by atoms with Crippen LogP contribution in [0.15, 0.2) is 60.7 Å². The fraction of sp³-hybridized carbons (Fsp3) is 0.387. The lowest BCUT2D eigenvalue weighted by molar-refractivity contribution is -0.151. The van der Waals surface area contributed by atoms with Gasteiger partial charge in [0.2, 0.25) is 0 Å². The Morgan fingerprint density at radius 3 is 2.49 bits per heavy atom. The molecule has 0 spiro atoms. The highest BCUT2D eigenvalue weighted by Gasteiger charge is 2.35. The third kappa shape index (κ3) is 5.67. The zero-order valence-corrected chi connectivity index (χ0v) is 23.2. The van der Waals surface area contributed by atoms with Gasteiger partial charge in [-0.25, -0.2) is 9.78 Å². The predicted octanol–water partition coefficient (Wildman–Crippen LogP) is 5.79. The van der Waals surface area contributed by atoms with Crippen molar-refractivity contribution in [3.05, 3.63) is 71.9 Å². The molecule has 1 fully saturated rings. The number of hydrogen-bond acceptors (Lipinski definition) is 6. The Labute approximate surface area is 229 Å². The number of anilines is 1. The van der Waals surface area contributed by atoms with Gasteiger partial charge in [-0.05, 0) is 43.9 Å². The van der Waals surface area contributed by atoms with Gasteiger partial charge < -0.3 is 19.5 Å². The molecule has 0 bridgehead atoms. The summed E-state index contributed by atoms with van der Waals surface area (Å²) in [6, 6.07) is 20.4. The first-order valence-electron chi connectivity index (χ1n) is 13.4.